The summed E-state index contributed by atoms with van der Waals surface area (Å²) >= 11 is 3.32. The summed E-state index contributed by atoms with van der Waals surface area (Å²) in [6, 6.07) is 20.8. The average molecular weight is 553 g/mol. The van der Waals surface area contributed by atoms with Crippen LogP contribution in [0.2, 0.25) is 0 Å². The van der Waals surface area contributed by atoms with Gasteiger partial charge in [0, 0.05) is 53.3 Å². The number of anilines is 1. The molecule has 0 saturated carbocycles. The number of thiazole rings is 1. The molecule has 2 aliphatic rings. The average Bonchev–Trinajstić information content (AvgIpc) is 3.78. The monoisotopic (exact) mass is 552 g/mol. The Morgan fingerprint density at radius 3 is 2.36 bits per heavy atom. The molecule has 1 amide bonds. The molecule has 7 rings (SSSR count). The highest BCUT2D eigenvalue weighted by Crippen LogP contribution is 2.31. The van der Waals surface area contributed by atoms with Gasteiger partial charge in [-0.2, -0.15) is 0 Å². The number of carbonyl (C=O) groups is 1. The van der Waals surface area contributed by atoms with Crippen molar-refractivity contribution < 1.29 is 4.79 Å². The second-order valence-corrected chi connectivity index (χ2v) is 11.8. The second kappa shape index (κ2) is 10.4. The van der Waals surface area contributed by atoms with Crippen LogP contribution in [0.5, 0.6) is 0 Å². The van der Waals surface area contributed by atoms with Crippen LogP contribution in [0.15, 0.2) is 71.4 Å². The van der Waals surface area contributed by atoms with Crippen LogP contribution in [-0.2, 0) is 13.1 Å². The van der Waals surface area contributed by atoms with Gasteiger partial charge in [0.15, 0.2) is 11.6 Å². The molecule has 0 atom stereocenters. The van der Waals surface area contributed by atoms with E-state index in [1.54, 1.807) is 22.7 Å². The molecule has 1 saturated heterocycles. The summed E-state index contributed by atoms with van der Waals surface area (Å²) in [5.74, 6) is 1.58. The van der Waals surface area contributed by atoms with Crippen molar-refractivity contribution >= 4 is 34.3 Å². The summed E-state index contributed by atoms with van der Waals surface area (Å²) in [4.78, 5) is 23.7. The number of carbonyl (C=O) groups excluding carboxylic acids is 1. The zero-order valence-corrected chi connectivity index (χ0v) is 23.1. The van der Waals surface area contributed by atoms with E-state index in [1.807, 2.05) is 35.2 Å². The third-order valence-electron chi connectivity index (χ3n) is 7.55. The molecule has 196 valence electrons. The van der Waals surface area contributed by atoms with Gasteiger partial charge in [-0.25, -0.2) is 4.98 Å². The van der Waals surface area contributed by atoms with E-state index in [-0.39, 0.29) is 5.91 Å². The lowest BCUT2D eigenvalue weighted by molar-refractivity contribution is 0.0708. The number of rotatable bonds is 5. The van der Waals surface area contributed by atoms with Crippen LogP contribution in [0, 0.1) is 0 Å². The summed E-state index contributed by atoms with van der Waals surface area (Å²) in [6.45, 7) is 3.98. The SMILES string of the molecule is O=C(c1ccc(-c2cccs2)cc1)N1CCn2c(nnc2-c2csc(-c3ccc(N4CCCCC4)cc3)n2)C1. The molecule has 0 spiro atoms. The zero-order valence-electron chi connectivity index (χ0n) is 21.5. The zero-order chi connectivity index (χ0) is 26.2. The van der Waals surface area contributed by atoms with E-state index < -0.39 is 0 Å². The molecule has 7 nitrogen and oxygen atoms in total. The van der Waals surface area contributed by atoms with Gasteiger partial charge in [-0.1, -0.05) is 18.2 Å². The predicted molar refractivity (Wildman–Crippen MR) is 157 cm³/mol. The number of fused-ring (bicyclic) bond motifs is 1. The van der Waals surface area contributed by atoms with Gasteiger partial charge >= 0.3 is 0 Å². The van der Waals surface area contributed by atoms with Crippen LogP contribution >= 0.6 is 22.7 Å². The van der Waals surface area contributed by atoms with Crippen LogP contribution in [-0.4, -0.2) is 50.2 Å². The fourth-order valence-electron chi connectivity index (χ4n) is 5.40. The quantitative estimate of drug-likeness (QED) is 0.251. The first-order valence-corrected chi connectivity index (χ1v) is 15.2. The summed E-state index contributed by atoms with van der Waals surface area (Å²) < 4.78 is 2.10. The third-order valence-corrected chi connectivity index (χ3v) is 9.36. The molecule has 0 unspecified atom stereocenters. The maximum atomic E-state index is 13.2. The molecule has 5 heterocycles. The van der Waals surface area contributed by atoms with E-state index in [1.165, 1.54) is 29.8 Å². The van der Waals surface area contributed by atoms with Gasteiger partial charge in [-0.05, 0) is 72.7 Å². The third kappa shape index (κ3) is 4.77. The number of hydrogen-bond donors (Lipinski definition) is 0. The fourth-order valence-corrected chi connectivity index (χ4v) is 6.94. The van der Waals surface area contributed by atoms with Crippen molar-refractivity contribution in [1.29, 1.82) is 0 Å². The Balaban J connectivity index is 1.05. The topological polar surface area (TPSA) is 67.2 Å². The van der Waals surface area contributed by atoms with E-state index in [0.717, 1.165) is 46.6 Å². The first kappa shape index (κ1) is 24.2. The van der Waals surface area contributed by atoms with Crippen LogP contribution in [0.3, 0.4) is 0 Å². The first-order valence-electron chi connectivity index (χ1n) is 13.4. The lowest BCUT2D eigenvalue weighted by atomic mass is 10.1. The number of amides is 1. The summed E-state index contributed by atoms with van der Waals surface area (Å²) in [5, 5.41) is 14.0. The molecular weight excluding hydrogens is 525 g/mol. The lowest BCUT2D eigenvalue weighted by Gasteiger charge is -2.28. The second-order valence-electron chi connectivity index (χ2n) is 10.0. The minimum absolute atomic E-state index is 0.0208. The smallest absolute Gasteiger partial charge is 0.254 e. The van der Waals surface area contributed by atoms with Gasteiger partial charge < -0.3 is 14.4 Å². The highest BCUT2D eigenvalue weighted by atomic mass is 32.1. The van der Waals surface area contributed by atoms with E-state index in [2.05, 4.69) is 60.8 Å². The normalized spacial score (nSPS) is 15.4. The Morgan fingerprint density at radius 1 is 0.795 bits per heavy atom. The molecule has 2 aliphatic heterocycles. The summed E-state index contributed by atoms with van der Waals surface area (Å²) in [6.07, 6.45) is 3.88. The standard InChI is InChI=1S/C30H28N6OS2/c37-30(23-8-6-21(7-9-23)26-5-4-18-38-26)35-16-17-36-27(19-35)32-33-28(36)25-20-39-29(31-25)22-10-12-24(13-11-22)34-14-2-1-3-15-34/h4-13,18,20H,1-3,14-17,19H2. The summed E-state index contributed by atoms with van der Waals surface area (Å²) in [5.41, 5.74) is 5.06. The Hall–Kier alpha value is -3.82. The first-order chi connectivity index (χ1) is 19.2. The van der Waals surface area contributed by atoms with E-state index >= 15 is 0 Å². The minimum atomic E-state index is 0.0208. The van der Waals surface area contributed by atoms with Crippen molar-refractivity contribution in [3.05, 3.63) is 82.8 Å². The van der Waals surface area contributed by atoms with Crippen LogP contribution in [0.25, 0.3) is 32.5 Å². The van der Waals surface area contributed by atoms with Crippen LogP contribution in [0.1, 0.15) is 35.4 Å². The number of benzene rings is 2. The van der Waals surface area contributed by atoms with Crippen molar-refractivity contribution in [1.82, 2.24) is 24.6 Å². The Bertz CT molecular complexity index is 1580. The van der Waals surface area contributed by atoms with Crippen molar-refractivity contribution in [2.24, 2.45) is 0 Å². The van der Waals surface area contributed by atoms with Crippen LogP contribution in [0.4, 0.5) is 5.69 Å². The molecule has 0 N–H and O–H groups in total. The minimum Gasteiger partial charge on any atom is -0.372 e. The van der Waals surface area contributed by atoms with Gasteiger partial charge in [0.1, 0.15) is 10.7 Å². The Labute approximate surface area is 235 Å². The largest absolute Gasteiger partial charge is 0.372 e. The highest BCUT2D eigenvalue weighted by molar-refractivity contribution is 7.13. The number of nitrogens with zero attached hydrogens (tertiary/aromatic N) is 6. The van der Waals surface area contributed by atoms with Gasteiger partial charge in [-0.15, -0.1) is 32.9 Å². The van der Waals surface area contributed by atoms with Gasteiger partial charge in [0.05, 0.1) is 6.54 Å². The van der Waals surface area contributed by atoms with Crippen molar-refractivity contribution in [3.8, 4) is 32.5 Å². The highest BCUT2D eigenvalue weighted by Gasteiger charge is 2.26. The maximum Gasteiger partial charge on any atom is 0.254 e. The number of piperidine rings is 1. The molecule has 0 radical (unpaired) electrons. The molecule has 3 aromatic heterocycles. The number of hydrogen-bond acceptors (Lipinski definition) is 7. The van der Waals surface area contributed by atoms with E-state index in [9.17, 15) is 4.79 Å². The summed E-state index contributed by atoms with van der Waals surface area (Å²) in [7, 11) is 0. The molecule has 2 aromatic carbocycles. The molecular formula is C30H28N6OS2. The fraction of sp³-hybridized carbons (Fsp3) is 0.267. The van der Waals surface area contributed by atoms with Crippen molar-refractivity contribution in [3.63, 3.8) is 0 Å². The van der Waals surface area contributed by atoms with Crippen molar-refractivity contribution in [2.45, 2.75) is 32.4 Å². The molecule has 9 heteroatoms. The maximum absolute atomic E-state index is 13.2. The van der Waals surface area contributed by atoms with Gasteiger partial charge in [-0.3, -0.25) is 4.79 Å². The Morgan fingerprint density at radius 2 is 1.59 bits per heavy atom. The Kier molecular flexibility index (Phi) is 6.46. The van der Waals surface area contributed by atoms with Gasteiger partial charge in [0.2, 0.25) is 0 Å². The molecule has 1 fully saturated rings. The van der Waals surface area contributed by atoms with Crippen LogP contribution < -0.4 is 4.90 Å². The molecule has 0 aliphatic carbocycles. The lowest BCUT2D eigenvalue weighted by Crippen LogP contribution is -2.38. The number of aromatic nitrogens is 4. The molecule has 39 heavy (non-hydrogen) atoms. The number of thiophene rings is 1. The van der Waals surface area contributed by atoms with Gasteiger partial charge in [0.25, 0.3) is 5.91 Å². The molecule has 0 bridgehead atoms. The van der Waals surface area contributed by atoms with Crippen molar-refractivity contribution in [2.75, 3.05) is 24.5 Å². The van der Waals surface area contributed by atoms with E-state index in [0.29, 0.717) is 25.2 Å². The predicted octanol–water partition coefficient (Wildman–Crippen LogP) is 6.44. The molecule has 5 aromatic rings. The van der Waals surface area contributed by atoms with E-state index in [4.69, 9.17) is 4.98 Å².